The molecular formula is C26H33FN4O2. The highest BCUT2D eigenvalue weighted by Crippen LogP contribution is 2.31. The molecular weight excluding hydrogens is 419 g/mol. The van der Waals surface area contributed by atoms with Crippen molar-refractivity contribution >= 4 is 17.6 Å². The SMILES string of the molecule is C[C@H](NC(=O)[C@H](C1CCCC1)N1CCN(C(=O)Nc2cccc(F)c2)CC1)c1ccccc1. The van der Waals surface area contributed by atoms with E-state index in [9.17, 15) is 14.0 Å². The fraction of sp³-hybridized carbons (Fsp3) is 0.462. The van der Waals surface area contributed by atoms with Crippen LogP contribution in [0.2, 0.25) is 0 Å². The molecule has 6 nitrogen and oxygen atoms in total. The molecule has 2 aromatic rings. The highest BCUT2D eigenvalue weighted by atomic mass is 19.1. The van der Waals surface area contributed by atoms with Gasteiger partial charge < -0.3 is 15.5 Å². The number of benzene rings is 2. The normalized spacial score (nSPS) is 19.2. The topological polar surface area (TPSA) is 64.7 Å². The van der Waals surface area contributed by atoms with Gasteiger partial charge in [0.05, 0.1) is 12.1 Å². The van der Waals surface area contributed by atoms with E-state index in [-0.39, 0.29) is 29.8 Å². The van der Waals surface area contributed by atoms with E-state index in [1.54, 1.807) is 17.0 Å². The van der Waals surface area contributed by atoms with Crippen LogP contribution in [0.25, 0.3) is 0 Å². The van der Waals surface area contributed by atoms with E-state index in [1.165, 1.54) is 25.0 Å². The first-order valence-electron chi connectivity index (χ1n) is 11.9. The van der Waals surface area contributed by atoms with Crippen LogP contribution < -0.4 is 10.6 Å². The number of nitrogens with one attached hydrogen (secondary N) is 2. The van der Waals surface area contributed by atoms with E-state index in [0.717, 1.165) is 18.4 Å². The Kier molecular flexibility index (Phi) is 7.60. The maximum atomic E-state index is 13.4. The molecule has 33 heavy (non-hydrogen) atoms. The van der Waals surface area contributed by atoms with Crippen molar-refractivity contribution in [2.24, 2.45) is 5.92 Å². The lowest BCUT2D eigenvalue weighted by atomic mass is 9.94. The van der Waals surface area contributed by atoms with Crippen molar-refractivity contribution in [3.8, 4) is 0 Å². The third-order valence-corrected chi connectivity index (χ3v) is 6.84. The van der Waals surface area contributed by atoms with Gasteiger partial charge in [-0.15, -0.1) is 0 Å². The number of anilines is 1. The number of nitrogens with zero attached hydrogens (tertiary/aromatic N) is 2. The van der Waals surface area contributed by atoms with E-state index < -0.39 is 0 Å². The molecule has 1 saturated carbocycles. The Balaban J connectivity index is 1.37. The van der Waals surface area contributed by atoms with Gasteiger partial charge >= 0.3 is 6.03 Å². The summed E-state index contributed by atoms with van der Waals surface area (Å²) in [7, 11) is 0. The molecule has 0 bridgehead atoms. The molecule has 176 valence electrons. The molecule has 7 heteroatoms. The van der Waals surface area contributed by atoms with Gasteiger partial charge in [0.1, 0.15) is 5.82 Å². The zero-order valence-electron chi connectivity index (χ0n) is 19.2. The van der Waals surface area contributed by atoms with Crippen LogP contribution in [0.15, 0.2) is 54.6 Å². The van der Waals surface area contributed by atoms with Crippen LogP contribution >= 0.6 is 0 Å². The molecule has 1 aliphatic heterocycles. The Morgan fingerprint density at radius 3 is 2.33 bits per heavy atom. The van der Waals surface area contributed by atoms with Crippen LogP contribution in [0.3, 0.4) is 0 Å². The lowest BCUT2D eigenvalue weighted by molar-refractivity contribution is -0.129. The molecule has 0 spiro atoms. The fourth-order valence-electron chi connectivity index (χ4n) is 5.05. The maximum absolute atomic E-state index is 13.4. The quantitative estimate of drug-likeness (QED) is 0.682. The maximum Gasteiger partial charge on any atom is 0.321 e. The molecule has 2 fully saturated rings. The van der Waals surface area contributed by atoms with Crippen LogP contribution in [-0.4, -0.2) is 54.0 Å². The number of carbonyl (C=O) groups excluding carboxylic acids is 2. The van der Waals surface area contributed by atoms with Crippen molar-refractivity contribution in [3.63, 3.8) is 0 Å². The van der Waals surface area contributed by atoms with Gasteiger partial charge in [-0.25, -0.2) is 9.18 Å². The summed E-state index contributed by atoms with van der Waals surface area (Å²) < 4.78 is 13.4. The summed E-state index contributed by atoms with van der Waals surface area (Å²) in [5.41, 5.74) is 1.54. The van der Waals surface area contributed by atoms with Gasteiger partial charge in [0, 0.05) is 31.9 Å². The van der Waals surface area contributed by atoms with Crippen molar-refractivity contribution in [3.05, 3.63) is 66.0 Å². The number of amides is 3. The van der Waals surface area contributed by atoms with E-state index in [4.69, 9.17) is 0 Å². The molecule has 3 amide bonds. The van der Waals surface area contributed by atoms with Gasteiger partial charge in [-0.3, -0.25) is 9.69 Å². The summed E-state index contributed by atoms with van der Waals surface area (Å²) in [6.07, 6.45) is 4.47. The zero-order valence-corrected chi connectivity index (χ0v) is 19.2. The molecule has 0 unspecified atom stereocenters. The number of halogens is 1. The smallest absolute Gasteiger partial charge is 0.321 e. The summed E-state index contributed by atoms with van der Waals surface area (Å²) >= 11 is 0. The number of rotatable bonds is 6. The van der Waals surface area contributed by atoms with E-state index in [2.05, 4.69) is 15.5 Å². The Morgan fingerprint density at radius 1 is 0.970 bits per heavy atom. The van der Waals surface area contributed by atoms with Crippen molar-refractivity contribution < 1.29 is 14.0 Å². The Labute approximate surface area is 195 Å². The summed E-state index contributed by atoms with van der Waals surface area (Å²) in [5.74, 6) is 0.0457. The van der Waals surface area contributed by atoms with Crippen molar-refractivity contribution in [1.82, 2.24) is 15.1 Å². The molecule has 2 atom stereocenters. The molecule has 0 radical (unpaired) electrons. The van der Waals surface area contributed by atoms with Crippen LogP contribution in [0.1, 0.15) is 44.2 Å². The average molecular weight is 453 g/mol. The second kappa shape index (κ2) is 10.8. The molecule has 1 saturated heterocycles. The molecule has 4 rings (SSSR count). The Bertz CT molecular complexity index is 940. The summed E-state index contributed by atoms with van der Waals surface area (Å²) in [6, 6.07) is 15.5. The molecule has 1 aliphatic carbocycles. The lowest BCUT2D eigenvalue weighted by Gasteiger charge is -2.41. The van der Waals surface area contributed by atoms with Gasteiger partial charge in [0.15, 0.2) is 0 Å². The first-order chi connectivity index (χ1) is 16.0. The largest absolute Gasteiger partial charge is 0.348 e. The van der Waals surface area contributed by atoms with Crippen molar-refractivity contribution in [2.45, 2.75) is 44.7 Å². The van der Waals surface area contributed by atoms with Crippen molar-refractivity contribution in [2.75, 3.05) is 31.5 Å². The van der Waals surface area contributed by atoms with Gasteiger partial charge in [0.25, 0.3) is 0 Å². The highest BCUT2D eigenvalue weighted by Gasteiger charge is 2.37. The minimum Gasteiger partial charge on any atom is -0.348 e. The summed E-state index contributed by atoms with van der Waals surface area (Å²) in [4.78, 5) is 30.0. The molecule has 0 aromatic heterocycles. The molecule has 2 N–H and O–H groups in total. The third-order valence-electron chi connectivity index (χ3n) is 6.84. The fourth-order valence-corrected chi connectivity index (χ4v) is 5.05. The standard InChI is InChI=1S/C26H33FN4O2/c1-19(20-8-3-2-4-9-20)28-25(32)24(21-10-5-6-11-21)30-14-16-31(17-15-30)26(33)29-23-13-7-12-22(27)18-23/h2-4,7-9,12-13,18-19,21,24H,5-6,10-11,14-17H2,1H3,(H,28,32)(H,29,33)/t19-,24-/m0/s1. The molecule has 1 heterocycles. The predicted octanol–water partition coefficient (Wildman–Crippen LogP) is 4.41. The van der Waals surface area contributed by atoms with Crippen LogP contribution in [-0.2, 0) is 4.79 Å². The Morgan fingerprint density at radius 2 is 1.67 bits per heavy atom. The van der Waals surface area contributed by atoms with Gasteiger partial charge in [0.2, 0.25) is 5.91 Å². The van der Waals surface area contributed by atoms with Crippen LogP contribution in [0.4, 0.5) is 14.9 Å². The first-order valence-corrected chi connectivity index (χ1v) is 11.9. The second-order valence-corrected chi connectivity index (χ2v) is 9.09. The van der Waals surface area contributed by atoms with Gasteiger partial charge in [-0.2, -0.15) is 0 Å². The Hall–Kier alpha value is -2.93. The number of carbonyl (C=O) groups is 2. The number of hydrogen-bond acceptors (Lipinski definition) is 3. The first kappa shape index (κ1) is 23.2. The summed E-state index contributed by atoms with van der Waals surface area (Å²) in [6.45, 7) is 4.38. The summed E-state index contributed by atoms with van der Waals surface area (Å²) in [5, 5.41) is 6.00. The van der Waals surface area contributed by atoms with Crippen LogP contribution in [0.5, 0.6) is 0 Å². The van der Waals surface area contributed by atoms with Gasteiger partial charge in [-0.1, -0.05) is 49.2 Å². The number of piperazine rings is 1. The minimum absolute atomic E-state index is 0.0547. The molecule has 2 aliphatic rings. The predicted molar refractivity (Wildman–Crippen MR) is 127 cm³/mol. The zero-order chi connectivity index (χ0) is 23.2. The minimum atomic E-state index is -0.382. The monoisotopic (exact) mass is 452 g/mol. The van der Waals surface area contributed by atoms with E-state index >= 15 is 0 Å². The van der Waals surface area contributed by atoms with Crippen LogP contribution in [0, 0.1) is 11.7 Å². The third kappa shape index (κ3) is 5.90. The van der Waals surface area contributed by atoms with Crippen molar-refractivity contribution in [1.29, 1.82) is 0 Å². The molecule has 2 aromatic carbocycles. The average Bonchev–Trinajstić information content (AvgIpc) is 3.34. The lowest BCUT2D eigenvalue weighted by Crippen LogP contribution is -2.58. The van der Waals surface area contributed by atoms with E-state index in [1.807, 2.05) is 37.3 Å². The number of urea groups is 1. The number of hydrogen-bond donors (Lipinski definition) is 2. The second-order valence-electron chi connectivity index (χ2n) is 9.09. The van der Waals surface area contributed by atoms with Gasteiger partial charge in [-0.05, 0) is 49.4 Å². The van der Waals surface area contributed by atoms with E-state index in [0.29, 0.717) is 37.8 Å². The highest BCUT2D eigenvalue weighted by molar-refractivity contribution is 5.89.